The third-order valence-electron chi connectivity index (χ3n) is 2.64. The number of methoxy groups -OCH3 is 1. The van der Waals surface area contributed by atoms with Gasteiger partial charge in [0.25, 0.3) is 0 Å². The number of rotatable bonds is 10. The fourth-order valence-electron chi connectivity index (χ4n) is 1.68. The fraction of sp³-hybridized carbons (Fsp3) is 0.846. The summed E-state index contributed by atoms with van der Waals surface area (Å²) in [6, 6.07) is 0. The number of hydrogen-bond donors (Lipinski definition) is 0. The molecule has 0 rings (SSSR count). The van der Waals surface area contributed by atoms with Gasteiger partial charge in [-0.15, -0.1) is 0 Å². The number of unbranched alkanes of at least 4 members (excludes halogenated alkanes) is 4. The van der Waals surface area contributed by atoms with Crippen molar-refractivity contribution in [3.05, 3.63) is 0 Å². The molecule has 0 aromatic carbocycles. The van der Waals surface area contributed by atoms with Gasteiger partial charge in [-0.05, 0) is 19.3 Å². The molecule has 0 spiro atoms. The minimum atomic E-state index is -0.623. The van der Waals surface area contributed by atoms with Gasteiger partial charge in [0, 0.05) is 13.3 Å². The molecule has 0 fully saturated rings. The van der Waals surface area contributed by atoms with Gasteiger partial charge < -0.3 is 9.47 Å². The molecule has 0 saturated heterocycles. The smallest absolute Gasteiger partial charge is 0.305 e. The van der Waals surface area contributed by atoms with Crippen LogP contribution in [0.5, 0.6) is 0 Å². The van der Waals surface area contributed by atoms with E-state index in [0.717, 1.165) is 32.1 Å². The Bertz CT molecular complexity index is 243. The van der Waals surface area contributed by atoms with Gasteiger partial charge in [0.15, 0.2) is 0 Å². The molecular weight excluding hydrogens is 239 g/mol. The quantitative estimate of drug-likeness (QED) is 0.449. The van der Waals surface area contributed by atoms with Gasteiger partial charge in [0.05, 0.1) is 7.11 Å². The molecule has 5 heteroatoms. The summed E-state index contributed by atoms with van der Waals surface area (Å²) in [6.07, 6.45) is 4.99. The zero-order chi connectivity index (χ0) is 13.8. The van der Waals surface area contributed by atoms with Gasteiger partial charge in [0.2, 0.25) is 0 Å². The van der Waals surface area contributed by atoms with Crippen LogP contribution in [0.4, 0.5) is 4.39 Å². The molecule has 0 aromatic rings. The molecule has 1 atom stereocenters. The van der Waals surface area contributed by atoms with Crippen molar-refractivity contribution in [2.45, 2.75) is 58.0 Å². The monoisotopic (exact) mass is 262 g/mol. The number of alkyl halides is 1. The molecule has 0 saturated carbocycles. The van der Waals surface area contributed by atoms with Gasteiger partial charge >= 0.3 is 11.9 Å². The highest BCUT2D eigenvalue weighted by atomic mass is 19.1. The molecule has 18 heavy (non-hydrogen) atoms. The second kappa shape index (κ2) is 11.0. The van der Waals surface area contributed by atoms with Gasteiger partial charge in [-0.3, -0.25) is 9.59 Å². The summed E-state index contributed by atoms with van der Waals surface area (Å²) in [5.41, 5.74) is 0. The molecule has 0 aliphatic carbocycles. The summed E-state index contributed by atoms with van der Waals surface area (Å²) in [6.45, 7) is 0.664. The van der Waals surface area contributed by atoms with Crippen LogP contribution < -0.4 is 0 Å². The minimum absolute atomic E-state index is 0.178. The van der Waals surface area contributed by atoms with E-state index in [1.54, 1.807) is 0 Å². The minimum Gasteiger partial charge on any atom is -0.469 e. The number of halogens is 1. The van der Waals surface area contributed by atoms with Crippen LogP contribution in [0.25, 0.3) is 0 Å². The van der Waals surface area contributed by atoms with E-state index in [-0.39, 0.29) is 5.97 Å². The van der Waals surface area contributed by atoms with Gasteiger partial charge in [-0.25, -0.2) is 4.39 Å². The largest absolute Gasteiger partial charge is 0.469 e. The molecule has 106 valence electrons. The zero-order valence-electron chi connectivity index (χ0n) is 11.2. The molecule has 0 aliphatic heterocycles. The van der Waals surface area contributed by atoms with Crippen LogP contribution in [0.2, 0.25) is 0 Å². The number of ether oxygens (including phenoxy) is 2. The summed E-state index contributed by atoms with van der Waals surface area (Å²) in [4.78, 5) is 21.5. The van der Waals surface area contributed by atoms with Crippen LogP contribution in [0.15, 0.2) is 0 Å². The Kier molecular flexibility index (Phi) is 10.3. The Hall–Kier alpha value is -1.13. The maximum absolute atomic E-state index is 12.4. The maximum atomic E-state index is 12.4. The first kappa shape index (κ1) is 16.9. The molecule has 0 aliphatic rings. The second-order valence-corrected chi connectivity index (χ2v) is 4.27. The number of carbonyl (C=O) groups excluding carboxylic acids is 2. The van der Waals surface area contributed by atoms with Crippen LogP contribution in [0.1, 0.15) is 51.9 Å². The standard InChI is InChI=1S/C13H23FO4/c1-11(15)18-12(10-14)8-6-4-3-5-7-9-13(16)17-2/h12H,3-10H2,1-2H3/t12-/m0/s1. The molecule has 0 amide bonds. The fourth-order valence-corrected chi connectivity index (χ4v) is 1.68. The van der Waals surface area contributed by atoms with E-state index in [9.17, 15) is 14.0 Å². The highest BCUT2D eigenvalue weighted by molar-refractivity contribution is 5.68. The van der Waals surface area contributed by atoms with Crippen molar-refractivity contribution in [1.29, 1.82) is 0 Å². The maximum Gasteiger partial charge on any atom is 0.305 e. The van der Waals surface area contributed by atoms with Crippen molar-refractivity contribution in [3.63, 3.8) is 0 Å². The lowest BCUT2D eigenvalue weighted by atomic mass is 10.1. The first-order valence-corrected chi connectivity index (χ1v) is 6.40. The van der Waals surface area contributed by atoms with Crippen molar-refractivity contribution in [3.8, 4) is 0 Å². The van der Waals surface area contributed by atoms with E-state index >= 15 is 0 Å². The average Bonchev–Trinajstić information content (AvgIpc) is 2.35. The third kappa shape index (κ3) is 10.1. The Morgan fingerprint density at radius 2 is 1.72 bits per heavy atom. The molecule has 0 N–H and O–H groups in total. The molecule has 0 radical (unpaired) electrons. The van der Waals surface area contributed by atoms with Gasteiger partial charge in [-0.2, -0.15) is 0 Å². The van der Waals surface area contributed by atoms with Crippen molar-refractivity contribution < 1.29 is 23.5 Å². The predicted octanol–water partition coefficient (Wildman–Crippen LogP) is 2.79. The SMILES string of the molecule is COC(=O)CCCCCCC[C@@H](CF)OC(C)=O. The Morgan fingerprint density at radius 1 is 1.11 bits per heavy atom. The topological polar surface area (TPSA) is 52.6 Å². The predicted molar refractivity (Wildman–Crippen MR) is 65.9 cm³/mol. The molecule has 0 aromatic heterocycles. The van der Waals surface area contributed by atoms with E-state index < -0.39 is 18.7 Å². The van der Waals surface area contributed by atoms with E-state index in [1.165, 1.54) is 14.0 Å². The third-order valence-corrected chi connectivity index (χ3v) is 2.64. The van der Waals surface area contributed by atoms with Crippen LogP contribution in [0, 0.1) is 0 Å². The van der Waals surface area contributed by atoms with Crippen LogP contribution in [0.3, 0.4) is 0 Å². The normalized spacial score (nSPS) is 11.9. The van der Waals surface area contributed by atoms with Crippen LogP contribution >= 0.6 is 0 Å². The lowest BCUT2D eigenvalue weighted by molar-refractivity contribution is -0.147. The second-order valence-electron chi connectivity index (χ2n) is 4.27. The van der Waals surface area contributed by atoms with Crippen LogP contribution in [-0.2, 0) is 19.1 Å². The Labute approximate surface area is 108 Å². The highest BCUT2D eigenvalue weighted by Gasteiger charge is 2.10. The molecule has 0 heterocycles. The van der Waals surface area contributed by atoms with Gasteiger partial charge in [-0.1, -0.05) is 19.3 Å². The van der Waals surface area contributed by atoms with E-state index in [2.05, 4.69) is 4.74 Å². The molecule has 0 unspecified atom stereocenters. The molecular formula is C13H23FO4. The van der Waals surface area contributed by atoms with Gasteiger partial charge in [0.1, 0.15) is 12.8 Å². The van der Waals surface area contributed by atoms with Crippen molar-refractivity contribution >= 4 is 11.9 Å². The lowest BCUT2D eigenvalue weighted by Crippen LogP contribution is -2.18. The number of carbonyl (C=O) groups is 2. The van der Waals surface area contributed by atoms with E-state index in [1.807, 2.05) is 0 Å². The van der Waals surface area contributed by atoms with Crippen LogP contribution in [-0.4, -0.2) is 31.8 Å². The summed E-state index contributed by atoms with van der Waals surface area (Å²) >= 11 is 0. The average molecular weight is 262 g/mol. The Balaban J connectivity index is 3.38. The first-order valence-electron chi connectivity index (χ1n) is 6.40. The van der Waals surface area contributed by atoms with E-state index in [0.29, 0.717) is 12.8 Å². The molecule has 0 bridgehead atoms. The number of hydrogen-bond acceptors (Lipinski definition) is 4. The van der Waals surface area contributed by atoms with Crippen molar-refractivity contribution in [1.82, 2.24) is 0 Å². The molecule has 4 nitrogen and oxygen atoms in total. The Morgan fingerprint density at radius 3 is 2.28 bits per heavy atom. The first-order chi connectivity index (χ1) is 8.60. The summed E-state index contributed by atoms with van der Waals surface area (Å²) in [5.74, 6) is -0.613. The highest BCUT2D eigenvalue weighted by Crippen LogP contribution is 2.11. The van der Waals surface area contributed by atoms with E-state index in [4.69, 9.17) is 4.74 Å². The number of esters is 2. The zero-order valence-corrected chi connectivity index (χ0v) is 11.2. The summed E-state index contributed by atoms with van der Waals surface area (Å²) in [7, 11) is 1.38. The van der Waals surface area contributed by atoms with Crippen molar-refractivity contribution in [2.24, 2.45) is 0 Å². The van der Waals surface area contributed by atoms with Crippen molar-refractivity contribution in [2.75, 3.05) is 13.8 Å². The lowest BCUT2D eigenvalue weighted by Gasteiger charge is -2.12. The summed E-state index contributed by atoms with van der Waals surface area (Å²) < 4.78 is 21.8. The summed E-state index contributed by atoms with van der Waals surface area (Å²) in [5, 5.41) is 0.